The van der Waals surface area contributed by atoms with Crippen LogP contribution < -0.4 is 5.32 Å². The quantitative estimate of drug-likeness (QED) is 0.735. The molecule has 0 aliphatic rings. The van der Waals surface area contributed by atoms with Crippen molar-refractivity contribution in [1.29, 1.82) is 0 Å². The number of carbonyl (C=O) groups is 1. The van der Waals surface area contributed by atoms with Gasteiger partial charge < -0.3 is 14.6 Å². The Balaban J connectivity index is 2.36. The van der Waals surface area contributed by atoms with E-state index in [-0.39, 0.29) is 11.8 Å². The van der Waals surface area contributed by atoms with Gasteiger partial charge in [-0.05, 0) is 45.1 Å². The normalized spacial score (nSPS) is 12.9. The average Bonchev–Trinajstić information content (AvgIpc) is 2.84. The lowest BCUT2D eigenvalue weighted by atomic mass is 9.90. The predicted octanol–water partition coefficient (Wildman–Crippen LogP) is 2.48. The molecule has 0 saturated carbocycles. The molecule has 1 rings (SSSR count). The van der Waals surface area contributed by atoms with Crippen molar-refractivity contribution < 1.29 is 9.21 Å². The molecule has 1 N–H and O–H groups in total. The fraction of sp³-hybridized carbons (Fsp3) is 0.667. The second kappa shape index (κ2) is 8.00. The van der Waals surface area contributed by atoms with Crippen LogP contribution in [0.4, 0.5) is 0 Å². The smallest absolute Gasteiger partial charge is 0.220 e. The minimum atomic E-state index is 0.105. The zero-order chi connectivity index (χ0) is 14.3. The molecule has 1 aromatic rings. The summed E-state index contributed by atoms with van der Waals surface area (Å²) in [6, 6.07) is 3.82. The van der Waals surface area contributed by atoms with Crippen molar-refractivity contribution in [3.05, 3.63) is 24.2 Å². The summed E-state index contributed by atoms with van der Waals surface area (Å²) >= 11 is 0. The summed E-state index contributed by atoms with van der Waals surface area (Å²) in [7, 11) is 4.07. The Kier molecular flexibility index (Phi) is 6.64. The van der Waals surface area contributed by atoms with Crippen molar-refractivity contribution in [3.63, 3.8) is 0 Å². The summed E-state index contributed by atoms with van der Waals surface area (Å²) in [5.74, 6) is 1.55. The summed E-state index contributed by atoms with van der Waals surface area (Å²) in [6.45, 7) is 5.96. The number of hydrogen-bond acceptors (Lipinski definition) is 3. The standard InChI is InChI=1S/C15H26N2O2/c1-12(2)13(14-7-5-10-19-14)11-15(18)16-8-6-9-17(3)4/h5,7,10,12-13H,6,8-9,11H2,1-4H3,(H,16,18)/t13-/m0/s1. The van der Waals surface area contributed by atoms with Crippen molar-refractivity contribution in [3.8, 4) is 0 Å². The molecule has 0 aromatic carbocycles. The Morgan fingerprint density at radius 2 is 2.16 bits per heavy atom. The van der Waals surface area contributed by atoms with Gasteiger partial charge in [0.15, 0.2) is 0 Å². The van der Waals surface area contributed by atoms with E-state index in [0.29, 0.717) is 12.3 Å². The van der Waals surface area contributed by atoms with Gasteiger partial charge >= 0.3 is 0 Å². The highest BCUT2D eigenvalue weighted by molar-refractivity contribution is 5.76. The van der Waals surface area contributed by atoms with Crippen molar-refractivity contribution in [2.75, 3.05) is 27.2 Å². The number of hydrogen-bond donors (Lipinski definition) is 1. The molecule has 1 amide bonds. The molecule has 1 heterocycles. The second-order valence-electron chi connectivity index (χ2n) is 5.58. The van der Waals surface area contributed by atoms with Gasteiger partial charge in [0, 0.05) is 18.9 Å². The lowest BCUT2D eigenvalue weighted by molar-refractivity contribution is -0.121. The summed E-state index contributed by atoms with van der Waals surface area (Å²) in [5.41, 5.74) is 0. The molecule has 1 atom stereocenters. The average molecular weight is 266 g/mol. The van der Waals surface area contributed by atoms with Gasteiger partial charge in [-0.15, -0.1) is 0 Å². The number of furan rings is 1. The fourth-order valence-corrected chi connectivity index (χ4v) is 2.06. The molecule has 0 aliphatic heterocycles. The topological polar surface area (TPSA) is 45.5 Å². The van der Waals surface area contributed by atoms with E-state index in [0.717, 1.165) is 25.3 Å². The molecule has 0 radical (unpaired) electrons. The van der Waals surface area contributed by atoms with Crippen molar-refractivity contribution >= 4 is 5.91 Å². The van der Waals surface area contributed by atoms with E-state index in [9.17, 15) is 4.79 Å². The van der Waals surface area contributed by atoms with E-state index in [1.807, 2.05) is 26.2 Å². The van der Waals surface area contributed by atoms with Crippen LogP contribution in [0.1, 0.15) is 38.4 Å². The minimum Gasteiger partial charge on any atom is -0.469 e. The van der Waals surface area contributed by atoms with Gasteiger partial charge in [-0.25, -0.2) is 0 Å². The molecule has 108 valence electrons. The van der Waals surface area contributed by atoms with Gasteiger partial charge in [-0.2, -0.15) is 0 Å². The molecule has 4 heteroatoms. The van der Waals surface area contributed by atoms with Gasteiger partial charge in [0.2, 0.25) is 5.91 Å². The molecular weight excluding hydrogens is 240 g/mol. The summed E-state index contributed by atoms with van der Waals surface area (Å²) < 4.78 is 5.43. The Bertz CT molecular complexity index is 358. The summed E-state index contributed by atoms with van der Waals surface area (Å²) in [5, 5.41) is 2.98. The van der Waals surface area contributed by atoms with Crippen LogP contribution in [0.15, 0.2) is 22.8 Å². The first-order chi connectivity index (χ1) is 9.00. The van der Waals surface area contributed by atoms with Crippen LogP contribution >= 0.6 is 0 Å². The highest BCUT2D eigenvalue weighted by atomic mass is 16.3. The van der Waals surface area contributed by atoms with E-state index in [2.05, 4.69) is 24.1 Å². The first kappa shape index (κ1) is 15.8. The van der Waals surface area contributed by atoms with Crippen LogP contribution in [0.3, 0.4) is 0 Å². The van der Waals surface area contributed by atoms with Crippen LogP contribution in [0.25, 0.3) is 0 Å². The third-order valence-corrected chi connectivity index (χ3v) is 3.22. The third-order valence-electron chi connectivity index (χ3n) is 3.22. The lowest BCUT2D eigenvalue weighted by Gasteiger charge is -2.18. The SMILES string of the molecule is CC(C)[C@H](CC(=O)NCCCN(C)C)c1ccco1. The number of nitrogens with zero attached hydrogens (tertiary/aromatic N) is 1. The first-order valence-electron chi connectivity index (χ1n) is 6.95. The molecular formula is C15H26N2O2. The monoisotopic (exact) mass is 266 g/mol. The molecule has 0 unspecified atom stereocenters. The van der Waals surface area contributed by atoms with E-state index in [4.69, 9.17) is 4.42 Å². The maximum absolute atomic E-state index is 11.9. The Morgan fingerprint density at radius 3 is 2.68 bits per heavy atom. The van der Waals surface area contributed by atoms with E-state index < -0.39 is 0 Å². The number of amides is 1. The van der Waals surface area contributed by atoms with Crippen molar-refractivity contribution in [2.45, 2.75) is 32.6 Å². The largest absolute Gasteiger partial charge is 0.469 e. The van der Waals surface area contributed by atoms with Gasteiger partial charge in [0.1, 0.15) is 5.76 Å². The van der Waals surface area contributed by atoms with Crippen LogP contribution in [-0.2, 0) is 4.79 Å². The highest BCUT2D eigenvalue weighted by Gasteiger charge is 2.21. The van der Waals surface area contributed by atoms with Gasteiger partial charge in [-0.1, -0.05) is 13.8 Å². The Morgan fingerprint density at radius 1 is 1.42 bits per heavy atom. The molecule has 1 aromatic heterocycles. The van der Waals surface area contributed by atoms with Gasteiger partial charge in [0.25, 0.3) is 0 Å². The summed E-state index contributed by atoms with van der Waals surface area (Å²) in [4.78, 5) is 14.0. The maximum Gasteiger partial charge on any atom is 0.220 e. The van der Waals surface area contributed by atoms with Crippen LogP contribution in [-0.4, -0.2) is 38.0 Å². The molecule has 19 heavy (non-hydrogen) atoms. The van der Waals surface area contributed by atoms with Gasteiger partial charge in [0.05, 0.1) is 6.26 Å². The zero-order valence-electron chi connectivity index (χ0n) is 12.5. The Hall–Kier alpha value is -1.29. The number of carbonyl (C=O) groups excluding carboxylic acids is 1. The van der Waals surface area contributed by atoms with E-state index in [1.165, 1.54) is 0 Å². The first-order valence-corrected chi connectivity index (χ1v) is 6.95. The van der Waals surface area contributed by atoms with Crippen molar-refractivity contribution in [1.82, 2.24) is 10.2 Å². The molecule has 0 spiro atoms. The lowest BCUT2D eigenvalue weighted by Crippen LogP contribution is -2.29. The second-order valence-corrected chi connectivity index (χ2v) is 5.58. The van der Waals surface area contributed by atoms with Crippen LogP contribution in [0.2, 0.25) is 0 Å². The fourth-order valence-electron chi connectivity index (χ4n) is 2.06. The van der Waals surface area contributed by atoms with Crippen LogP contribution in [0.5, 0.6) is 0 Å². The summed E-state index contributed by atoms with van der Waals surface area (Å²) in [6.07, 6.45) is 3.14. The van der Waals surface area contributed by atoms with Crippen molar-refractivity contribution in [2.24, 2.45) is 5.92 Å². The molecule has 0 bridgehead atoms. The zero-order valence-corrected chi connectivity index (χ0v) is 12.5. The predicted molar refractivity (Wildman–Crippen MR) is 77.1 cm³/mol. The third kappa shape index (κ3) is 5.92. The minimum absolute atomic E-state index is 0.105. The van der Waals surface area contributed by atoms with E-state index >= 15 is 0 Å². The number of rotatable bonds is 8. The molecule has 0 aliphatic carbocycles. The van der Waals surface area contributed by atoms with E-state index in [1.54, 1.807) is 6.26 Å². The van der Waals surface area contributed by atoms with Crippen LogP contribution in [0, 0.1) is 5.92 Å². The maximum atomic E-state index is 11.9. The molecule has 0 fully saturated rings. The van der Waals surface area contributed by atoms with Gasteiger partial charge in [-0.3, -0.25) is 4.79 Å². The molecule has 4 nitrogen and oxygen atoms in total. The molecule has 0 saturated heterocycles. The Labute approximate surface area is 116 Å². The highest BCUT2D eigenvalue weighted by Crippen LogP contribution is 2.27. The number of nitrogens with one attached hydrogen (secondary N) is 1.